The normalized spacial score (nSPS) is 11.6. The lowest BCUT2D eigenvalue weighted by atomic mass is 10.0. The molecule has 7 heteroatoms. The average Bonchev–Trinajstić information content (AvgIpc) is 1.62. The maximum Gasteiger partial charge on any atom is 0.0462 e. The van der Waals surface area contributed by atoms with Gasteiger partial charge in [0.15, 0.2) is 0 Å². The Morgan fingerprint density at radius 3 is 0.566 bits per heavy atom. The quantitative estimate of drug-likeness (QED) is 0.0705. The fraction of sp³-hybridized carbons (Fsp3) is 0. The fourth-order valence-corrected chi connectivity index (χ4v) is 14.1. The maximum atomic E-state index is 3.66. The van der Waals surface area contributed by atoms with Crippen molar-refractivity contribution in [2.75, 3.05) is 19.6 Å². The third-order valence-electron chi connectivity index (χ3n) is 17.5. The van der Waals surface area contributed by atoms with Crippen LogP contribution in [-0.4, -0.2) is 0 Å². The number of hydrogen-bond donors (Lipinski definition) is 0. The van der Waals surface area contributed by atoms with Gasteiger partial charge in [0.2, 0.25) is 0 Å². The lowest BCUT2D eigenvalue weighted by Gasteiger charge is -2.25. The molecule has 0 aliphatic heterocycles. The summed E-state index contributed by atoms with van der Waals surface area (Å²) >= 11 is 9.17. The number of para-hydroxylation sites is 4. The van der Waals surface area contributed by atoms with Crippen molar-refractivity contribution in [1.29, 1.82) is 0 Å². The third kappa shape index (κ3) is 15.0. The van der Waals surface area contributed by atoms with Gasteiger partial charge < -0.3 is 19.6 Å². The summed E-state index contributed by atoms with van der Waals surface area (Å²) in [6, 6.07) is 125. The number of thiophene rings is 1. The Morgan fingerprint density at radius 1 is 0.182 bits per heavy atom. The highest BCUT2D eigenvalue weighted by Crippen LogP contribution is 2.41. The summed E-state index contributed by atoms with van der Waals surface area (Å²) in [5, 5.41) is 2.53. The van der Waals surface area contributed by atoms with Crippen molar-refractivity contribution < 1.29 is 0 Å². The van der Waals surface area contributed by atoms with Gasteiger partial charge in [-0.25, -0.2) is 0 Å². The minimum Gasteiger partial charge on any atom is -0.311 e. The van der Waals surface area contributed by atoms with Gasteiger partial charge in [-0.2, -0.15) is 0 Å². The molecule has 15 aromatic rings. The SMILES string of the molecule is Brc1ccc(N(c2ccc(/C=C/c3ccc(N(c4ccccc4)c4ccccc4)cc3)cc2)c2ccc(/C=C/c3ccc4sc5ccc(/C=C/c6ccc(N(c7ccc(Br)cc7)c7ccc(/C=C/c8ccc(N(c9ccccc9)c9ccccc9)cc8)cc7)cc6)cc5c4c3)cc2)cc1. The molecule has 0 unspecified atom stereocenters. The van der Waals surface area contributed by atoms with Gasteiger partial charge in [-0.1, -0.05) is 238 Å². The molecule has 0 spiro atoms. The molecule has 0 N–H and O–H groups in total. The van der Waals surface area contributed by atoms with Gasteiger partial charge >= 0.3 is 0 Å². The zero-order chi connectivity index (χ0) is 66.7. The van der Waals surface area contributed by atoms with Crippen molar-refractivity contribution in [2.45, 2.75) is 0 Å². The first-order valence-electron chi connectivity index (χ1n) is 33.1. The smallest absolute Gasteiger partial charge is 0.0462 e. The van der Waals surface area contributed by atoms with Crippen molar-refractivity contribution in [3.05, 3.63) is 405 Å². The van der Waals surface area contributed by atoms with E-state index in [9.17, 15) is 0 Å². The third-order valence-corrected chi connectivity index (χ3v) is 19.7. The minimum atomic E-state index is 1.04. The molecule has 0 bridgehead atoms. The maximum absolute atomic E-state index is 3.66. The highest BCUT2D eigenvalue weighted by atomic mass is 79.9. The van der Waals surface area contributed by atoms with Crippen LogP contribution >= 0.6 is 43.2 Å². The summed E-state index contributed by atoms with van der Waals surface area (Å²) in [6.45, 7) is 0. The zero-order valence-corrected chi connectivity index (χ0v) is 58.0. The van der Waals surface area contributed by atoms with E-state index in [0.29, 0.717) is 0 Å². The van der Waals surface area contributed by atoms with E-state index in [1.165, 1.54) is 20.2 Å². The number of fused-ring (bicyclic) bond motifs is 3. The molecule has 0 saturated heterocycles. The van der Waals surface area contributed by atoms with Gasteiger partial charge in [-0.15, -0.1) is 11.3 Å². The second-order valence-corrected chi connectivity index (χ2v) is 27.0. The van der Waals surface area contributed by atoms with Crippen molar-refractivity contribution in [3.8, 4) is 0 Å². The van der Waals surface area contributed by atoms with Crippen LogP contribution in [-0.2, 0) is 0 Å². The first kappa shape index (κ1) is 63.5. The average molecular weight is 1420 g/mol. The Labute approximate surface area is 600 Å². The number of nitrogens with zero attached hydrogens (tertiary/aromatic N) is 4. The van der Waals surface area contributed by atoms with Gasteiger partial charge in [0.1, 0.15) is 0 Å². The molecule has 0 fully saturated rings. The lowest BCUT2D eigenvalue weighted by molar-refractivity contribution is 1.28. The van der Waals surface area contributed by atoms with Crippen LogP contribution < -0.4 is 19.6 Å². The van der Waals surface area contributed by atoms with Crippen molar-refractivity contribution >= 4 is 180 Å². The highest BCUT2D eigenvalue weighted by Gasteiger charge is 2.17. The minimum absolute atomic E-state index is 1.04. The second-order valence-electron chi connectivity index (χ2n) is 24.1. The van der Waals surface area contributed by atoms with E-state index in [0.717, 1.165) is 122 Å². The number of anilines is 12. The van der Waals surface area contributed by atoms with Gasteiger partial charge in [0, 0.05) is 97.4 Å². The largest absolute Gasteiger partial charge is 0.311 e. The van der Waals surface area contributed by atoms with Crippen LogP contribution in [0.25, 0.3) is 68.8 Å². The van der Waals surface area contributed by atoms with Gasteiger partial charge in [-0.05, 0) is 239 Å². The number of hydrogen-bond acceptors (Lipinski definition) is 5. The lowest BCUT2D eigenvalue weighted by Crippen LogP contribution is -2.09. The molecule has 0 aliphatic carbocycles. The summed E-state index contributed by atoms with van der Waals surface area (Å²) in [4.78, 5) is 9.18. The van der Waals surface area contributed by atoms with E-state index < -0.39 is 0 Å². The van der Waals surface area contributed by atoms with Crippen LogP contribution in [0.15, 0.2) is 361 Å². The van der Waals surface area contributed by atoms with Gasteiger partial charge in [0.25, 0.3) is 0 Å². The summed E-state index contributed by atoms with van der Waals surface area (Å²) in [5.41, 5.74) is 22.2. The van der Waals surface area contributed by atoms with E-state index in [4.69, 9.17) is 0 Å². The van der Waals surface area contributed by atoms with E-state index in [2.05, 4.69) is 452 Å². The molecular weight excluding hydrogens is 1350 g/mol. The summed E-state index contributed by atoms with van der Waals surface area (Å²) in [7, 11) is 0. The van der Waals surface area contributed by atoms with Crippen LogP contribution in [0.3, 0.4) is 0 Å². The molecule has 474 valence electrons. The van der Waals surface area contributed by atoms with Crippen molar-refractivity contribution in [3.63, 3.8) is 0 Å². The molecule has 0 saturated carbocycles. The van der Waals surface area contributed by atoms with Crippen LogP contribution in [0.4, 0.5) is 68.2 Å². The van der Waals surface area contributed by atoms with Crippen molar-refractivity contribution in [1.82, 2.24) is 0 Å². The van der Waals surface area contributed by atoms with E-state index in [1.807, 2.05) is 11.3 Å². The molecule has 0 atom stereocenters. The Balaban J connectivity index is 0.607. The molecule has 0 radical (unpaired) electrons. The Kier molecular flexibility index (Phi) is 19.1. The molecule has 4 nitrogen and oxygen atoms in total. The Morgan fingerprint density at radius 2 is 0.354 bits per heavy atom. The molecule has 1 heterocycles. The first-order valence-corrected chi connectivity index (χ1v) is 35.5. The van der Waals surface area contributed by atoms with Crippen LogP contribution in [0.1, 0.15) is 44.5 Å². The summed E-state index contributed by atoms with van der Waals surface area (Å²) in [6.07, 6.45) is 17.6. The fourth-order valence-electron chi connectivity index (χ4n) is 12.5. The van der Waals surface area contributed by atoms with Gasteiger partial charge in [0.05, 0.1) is 0 Å². The predicted octanol–water partition coefficient (Wildman–Crippen LogP) is 28.1. The Bertz CT molecular complexity index is 4900. The summed E-state index contributed by atoms with van der Waals surface area (Å²) < 4.78 is 4.63. The Hall–Kier alpha value is -11.6. The molecule has 0 aliphatic rings. The second kappa shape index (κ2) is 29.8. The number of halogens is 2. The van der Waals surface area contributed by atoms with Crippen molar-refractivity contribution in [2.24, 2.45) is 0 Å². The standard InChI is InChI=1S/C92H66Br2N4S/c93-75-43-59-87(60-44-75)97(83-51-33-69(34-52-83)23-21-67-29-47-81(48-30-67)95(77-13-5-1-6-14-77)78-15-7-2-8-16-78)85-55-37-71(38-56-85)25-27-73-41-63-91-89(65-73)90-66-74(42-64-92(90)99-91)28-26-72-39-57-86(58-40-72)98(88-61-45-76(94)46-62-88)84-53-35-70(36-54-84)24-22-68-31-49-82(50-32-68)96(79-17-9-3-10-18-79)80-19-11-4-12-20-80/h1-66H/b23-21+,24-22+,27-25+,28-26+. The highest BCUT2D eigenvalue weighted by molar-refractivity contribution is 9.10. The number of rotatable bonds is 20. The molecule has 15 rings (SSSR count). The van der Waals surface area contributed by atoms with Crippen LogP contribution in [0.2, 0.25) is 0 Å². The van der Waals surface area contributed by atoms with Crippen LogP contribution in [0.5, 0.6) is 0 Å². The summed E-state index contributed by atoms with van der Waals surface area (Å²) in [5.74, 6) is 0. The molecule has 0 amide bonds. The van der Waals surface area contributed by atoms with E-state index in [-0.39, 0.29) is 0 Å². The molecule has 14 aromatic carbocycles. The number of benzene rings is 14. The zero-order valence-electron chi connectivity index (χ0n) is 54.1. The molecule has 1 aromatic heterocycles. The van der Waals surface area contributed by atoms with E-state index in [1.54, 1.807) is 0 Å². The topological polar surface area (TPSA) is 13.0 Å². The van der Waals surface area contributed by atoms with Crippen LogP contribution in [0, 0.1) is 0 Å². The van der Waals surface area contributed by atoms with E-state index >= 15 is 0 Å². The first-order chi connectivity index (χ1) is 48.8. The molecular formula is C92H66Br2N4S. The molecule has 99 heavy (non-hydrogen) atoms. The monoisotopic (exact) mass is 1420 g/mol. The predicted molar refractivity (Wildman–Crippen MR) is 435 cm³/mol. The van der Waals surface area contributed by atoms with Gasteiger partial charge in [-0.3, -0.25) is 0 Å².